The molecule has 0 spiro atoms. The first kappa shape index (κ1) is 17.5. The second kappa shape index (κ2) is 6.98. The maximum absolute atomic E-state index is 12.5. The van der Waals surface area contributed by atoms with Crippen molar-refractivity contribution in [3.05, 3.63) is 92.1 Å². The topological polar surface area (TPSA) is 80.6 Å². The van der Waals surface area contributed by atoms with E-state index in [-0.39, 0.29) is 16.5 Å². The number of carbonyl (C=O) groups excluding carboxylic acids is 1. The van der Waals surface area contributed by atoms with Crippen LogP contribution in [0.25, 0.3) is 11.0 Å². The number of rotatable bonds is 4. The molecule has 0 atom stereocenters. The molecular formula is C19H12Cl2N4O2. The van der Waals surface area contributed by atoms with Gasteiger partial charge in [0.1, 0.15) is 11.0 Å². The summed E-state index contributed by atoms with van der Waals surface area (Å²) in [5, 5.41) is 6.78. The number of fused-ring (bicyclic) bond motifs is 1. The summed E-state index contributed by atoms with van der Waals surface area (Å²) in [6, 6.07) is 13.9. The molecule has 0 radical (unpaired) electrons. The second-order valence-corrected chi connectivity index (χ2v) is 6.74. The van der Waals surface area contributed by atoms with Gasteiger partial charge in [-0.1, -0.05) is 47.5 Å². The molecular weight excluding hydrogens is 387 g/mol. The fraction of sp³-hybridized carbons (Fsp3) is 0.0526. The predicted molar refractivity (Wildman–Crippen MR) is 104 cm³/mol. The summed E-state index contributed by atoms with van der Waals surface area (Å²) in [7, 11) is 0. The number of imidazole rings is 1. The lowest BCUT2D eigenvalue weighted by Gasteiger charge is -2.06. The van der Waals surface area contributed by atoms with E-state index >= 15 is 0 Å². The van der Waals surface area contributed by atoms with E-state index in [1.165, 1.54) is 0 Å². The summed E-state index contributed by atoms with van der Waals surface area (Å²) in [5.41, 5.74) is 2.41. The highest BCUT2D eigenvalue weighted by atomic mass is 35.5. The van der Waals surface area contributed by atoms with E-state index in [1.54, 1.807) is 47.3 Å². The maximum atomic E-state index is 12.5. The Bertz CT molecular complexity index is 1200. The molecule has 2 aromatic heterocycles. The van der Waals surface area contributed by atoms with Crippen molar-refractivity contribution in [3.63, 3.8) is 0 Å². The molecule has 0 bridgehead atoms. The molecule has 2 heterocycles. The molecule has 8 heteroatoms. The zero-order valence-electron chi connectivity index (χ0n) is 13.8. The zero-order valence-corrected chi connectivity index (χ0v) is 15.3. The molecule has 4 rings (SSSR count). The number of ketones is 1. The summed E-state index contributed by atoms with van der Waals surface area (Å²) in [6.45, 7) is 0.412. The molecule has 0 aliphatic heterocycles. The Morgan fingerprint density at radius 2 is 1.63 bits per heavy atom. The lowest BCUT2D eigenvalue weighted by atomic mass is 10.0. The van der Waals surface area contributed by atoms with Crippen molar-refractivity contribution in [2.24, 2.45) is 0 Å². The van der Waals surface area contributed by atoms with Crippen LogP contribution in [0.15, 0.2) is 59.7 Å². The van der Waals surface area contributed by atoms with Crippen LogP contribution in [-0.4, -0.2) is 25.5 Å². The molecule has 0 fully saturated rings. The number of nitrogens with zero attached hydrogens (tertiary/aromatic N) is 3. The Balaban J connectivity index is 1.60. The lowest BCUT2D eigenvalue weighted by Crippen LogP contribution is -2.13. The van der Waals surface area contributed by atoms with Gasteiger partial charge >= 0.3 is 0 Å². The summed E-state index contributed by atoms with van der Waals surface area (Å²) < 4.78 is 1.69. The van der Waals surface area contributed by atoms with Crippen molar-refractivity contribution in [2.75, 3.05) is 0 Å². The third-order valence-electron chi connectivity index (χ3n) is 4.18. The molecule has 2 aromatic carbocycles. The summed E-state index contributed by atoms with van der Waals surface area (Å²) in [5.74, 6) is -0.0828. The second-order valence-electron chi connectivity index (χ2n) is 5.95. The largest absolute Gasteiger partial charge is 0.321 e. The lowest BCUT2D eigenvalue weighted by molar-refractivity contribution is 0.103. The van der Waals surface area contributed by atoms with Crippen LogP contribution in [0.1, 0.15) is 21.5 Å². The maximum Gasteiger partial charge on any atom is 0.290 e. The molecule has 134 valence electrons. The number of benzene rings is 2. The van der Waals surface area contributed by atoms with Crippen LogP contribution >= 0.6 is 23.2 Å². The minimum Gasteiger partial charge on any atom is -0.321 e. The molecule has 27 heavy (non-hydrogen) atoms. The van der Waals surface area contributed by atoms with Gasteiger partial charge in [0.15, 0.2) is 10.9 Å². The number of carbonyl (C=O) groups is 1. The van der Waals surface area contributed by atoms with Crippen molar-refractivity contribution in [1.82, 2.24) is 19.7 Å². The Labute approximate surface area is 163 Å². The summed E-state index contributed by atoms with van der Waals surface area (Å²) >= 11 is 11.8. The predicted octanol–water partition coefficient (Wildman–Crippen LogP) is 3.71. The molecule has 6 nitrogen and oxygen atoms in total. The van der Waals surface area contributed by atoms with Gasteiger partial charge in [0, 0.05) is 22.7 Å². The smallest absolute Gasteiger partial charge is 0.290 e. The fourth-order valence-electron chi connectivity index (χ4n) is 2.82. The first-order valence-electron chi connectivity index (χ1n) is 8.01. The van der Waals surface area contributed by atoms with Gasteiger partial charge < -0.3 is 4.57 Å². The summed E-state index contributed by atoms with van der Waals surface area (Å²) in [4.78, 5) is 28.7. The number of nitrogens with one attached hydrogen (secondary N) is 1. The van der Waals surface area contributed by atoms with Crippen molar-refractivity contribution >= 4 is 40.0 Å². The Morgan fingerprint density at radius 3 is 2.30 bits per heavy atom. The first-order valence-corrected chi connectivity index (χ1v) is 8.77. The van der Waals surface area contributed by atoms with Crippen LogP contribution in [0.5, 0.6) is 0 Å². The first-order chi connectivity index (χ1) is 13.0. The highest BCUT2D eigenvalue weighted by Gasteiger charge is 2.13. The molecule has 0 aliphatic rings. The number of aromatic nitrogens is 4. The number of aromatic amines is 1. The van der Waals surface area contributed by atoms with E-state index in [2.05, 4.69) is 15.2 Å². The van der Waals surface area contributed by atoms with Gasteiger partial charge in [-0.3, -0.25) is 9.59 Å². The molecule has 1 N–H and O–H groups in total. The van der Waals surface area contributed by atoms with Gasteiger partial charge in [-0.15, -0.1) is 0 Å². The minimum absolute atomic E-state index is 0.0828. The third kappa shape index (κ3) is 3.37. The van der Waals surface area contributed by atoms with Crippen LogP contribution in [0.3, 0.4) is 0 Å². The normalized spacial score (nSPS) is 11.0. The number of hydrogen-bond acceptors (Lipinski definition) is 4. The molecule has 0 unspecified atom stereocenters. The van der Waals surface area contributed by atoms with Gasteiger partial charge in [0.2, 0.25) is 0 Å². The van der Waals surface area contributed by atoms with Crippen LogP contribution < -0.4 is 5.56 Å². The minimum atomic E-state index is -0.360. The highest BCUT2D eigenvalue weighted by Crippen LogP contribution is 2.18. The van der Waals surface area contributed by atoms with Crippen LogP contribution in [0, 0.1) is 0 Å². The number of halogens is 2. The van der Waals surface area contributed by atoms with E-state index in [1.807, 2.05) is 12.1 Å². The molecule has 0 amide bonds. The van der Waals surface area contributed by atoms with Crippen LogP contribution in [0.2, 0.25) is 10.2 Å². The van der Waals surface area contributed by atoms with Gasteiger partial charge in [-0.2, -0.15) is 5.10 Å². The van der Waals surface area contributed by atoms with E-state index in [9.17, 15) is 9.59 Å². The van der Waals surface area contributed by atoms with Crippen molar-refractivity contribution in [2.45, 2.75) is 6.54 Å². The Kier molecular flexibility index (Phi) is 4.51. The van der Waals surface area contributed by atoms with Crippen molar-refractivity contribution in [1.29, 1.82) is 0 Å². The number of hydrogen-bond donors (Lipinski definition) is 1. The Morgan fingerprint density at radius 1 is 1.00 bits per heavy atom. The molecule has 0 saturated heterocycles. The van der Waals surface area contributed by atoms with Crippen molar-refractivity contribution in [3.8, 4) is 0 Å². The van der Waals surface area contributed by atoms with E-state index in [0.29, 0.717) is 33.7 Å². The van der Waals surface area contributed by atoms with E-state index in [4.69, 9.17) is 23.2 Å². The zero-order chi connectivity index (χ0) is 19.0. The highest BCUT2D eigenvalue weighted by molar-refractivity contribution is 6.33. The average molecular weight is 399 g/mol. The standard InChI is InChI=1S/C19H12Cl2N4O2/c20-14-7-5-13(6-8-14)17(26)12-3-1-11(2-4-12)9-25-10-22-15-16(25)19(27)24-23-18(15)21/h1-8,10H,9H2,(H,24,27). The van der Waals surface area contributed by atoms with Gasteiger partial charge in [0.25, 0.3) is 5.56 Å². The molecule has 4 aromatic rings. The monoisotopic (exact) mass is 398 g/mol. The van der Waals surface area contributed by atoms with E-state index < -0.39 is 0 Å². The van der Waals surface area contributed by atoms with Crippen LogP contribution in [0.4, 0.5) is 0 Å². The van der Waals surface area contributed by atoms with Gasteiger partial charge in [-0.05, 0) is 29.8 Å². The third-order valence-corrected chi connectivity index (χ3v) is 4.69. The Hall–Kier alpha value is -2.96. The van der Waals surface area contributed by atoms with E-state index in [0.717, 1.165) is 5.56 Å². The SMILES string of the molecule is O=C(c1ccc(Cl)cc1)c1ccc(Cn2cnc3c(Cl)n[nH]c(=O)c32)cc1. The van der Waals surface area contributed by atoms with Crippen molar-refractivity contribution < 1.29 is 4.79 Å². The molecule has 0 aliphatic carbocycles. The average Bonchev–Trinajstić information content (AvgIpc) is 3.10. The number of H-pyrrole nitrogens is 1. The van der Waals surface area contributed by atoms with Crippen LogP contribution in [-0.2, 0) is 6.54 Å². The quantitative estimate of drug-likeness (QED) is 0.531. The fourth-order valence-corrected chi connectivity index (χ4v) is 3.13. The molecule has 0 saturated carbocycles. The van der Waals surface area contributed by atoms with Gasteiger partial charge in [0.05, 0.1) is 6.33 Å². The summed E-state index contributed by atoms with van der Waals surface area (Å²) in [6.07, 6.45) is 1.54. The van der Waals surface area contributed by atoms with Gasteiger partial charge in [-0.25, -0.2) is 10.1 Å².